The number of benzene rings is 2. The third kappa shape index (κ3) is 2.45. The van der Waals surface area contributed by atoms with Crippen molar-refractivity contribution in [1.82, 2.24) is 4.98 Å². The number of fused-ring (bicyclic) bond motifs is 1. The molecule has 20 heavy (non-hydrogen) atoms. The van der Waals surface area contributed by atoms with Gasteiger partial charge in [-0.1, -0.05) is 17.7 Å². The molecule has 3 aromatic rings. The lowest BCUT2D eigenvalue weighted by atomic mass is 10.1. The zero-order valence-corrected chi connectivity index (χ0v) is 11.5. The third-order valence-corrected chi connectivity index (χ3v) is 3.21. The van der Waals surface area contributed by atoms with Gasteiger partial charge in [0.1, 0.15) is 11.3 Å². The number of hydrogen-bond acceptors (Lipinski definition) is 4. The molecule has 0 saturated carbocycles. The summed E-state index contributed by atoms with van der Waals surface area (Å²) in [6, 6.07) is 11.4. The fraction of sp³-hybridized carbons (Fsp3) is 0.188. The Morgan fingerprint density at radius 3 is 2.85 bits per heavy atom. The van der Waals surface area contributed by atoms with Gasteiger partial charge in [-0.25, -0.2) is 4.98 Å². The third-order valence-electron chi connectivity index (χ3n) is 3.21. The molecule has 1 heterocycles. The summed E-state index contributed by atoms with van der Waals surface area (Å²) >= 11 is 0. The lowest BCUT2D eigenvalue weighted by molar-refractivity contribution is 0.469. The van der Waals surface area contributed by atoms with E-state index in [1.807, 2.05) is 44.2 Å². The van der Waals surface area contributed by atoms with Gasteiger partial charge in [0, 0.05) is 24.7 Å². The summed E-state index contributed by atoms with van der Waals surface area (Å²) < 4.78 is 5.44. The number of nitrogens with zero attached hydrogens (tertiary/aromatic N) is 1. The van der Waals surface area contributed by atoms with Gasteiger partial charge in [0.2, 0.25) is 0 Å². The van der Waals surface area contributed by atoms with E-state index in [0.29, 0.717) is 18.2 Å². The second-order valence-electron chi connectivity index (χ2n) is 4.90. The van der Waals surface area contributed by atoms with Crippen LogP contribution in [0.15, 0.2) is 40.8 Å². The standard InChI is InChI=1S/C16H16N2O2/c1-10-3-5-15(19)12(7-10)9-17-13-4-6-16-14(8-13)18-11(2)20-16/h3-8,17,19H,9H2,1-2H3. The van der Waals surface area contributed by atoms with Gasteiger partial charge >= 0.3 is 0 Å². The molecule has 2 N–H and O–H groups in total. The molecule has 0 atom stereocenters. The van der Waals surface area contributed by atoms with Crippen molar-refractivity contribution in [2.24, 2.45) is 0 Å². The second kappa shape index (κ2) is 4.89. The van der Waals surface area contributed by atoms with Crippen molar-refractivity contribution < 1.29 is 9.52 Å². The van der Waals surface area contributed by atoms with Gasteiger partial charge in [-0.2, -0.15) is 0 Å². The lowest BCUT2D eigenvalue weighted by Crippen LogP contribution is -1.99. The predicted octanol–water partition coefficient (Wildman–Crippen LogP) is 3.76. The van der Waals surface area contributed by atoms with E-state index in [1.165, 1.54) is 0 Å². The van der Waals surface area contributed by atoms with Crippen LogP contribution >= 0.6 is 0 Å². The number of nitrogens with one attached hydrogen (secondary N) is 1. The summed E-state index contributed by atoms with van der Waals surface area (Å²) in [4.78, 5) is 4.30. The van der Waals surface area contributed by atoms with Crippen molar-refractivity contribution in [2.45, 2.75) is 20.4 Å². The summed E-state index contributed by atoms with van der Waals surface area (Å²) in [7, 11) is 0. The first-order valence-corrected chi connectivity index (χ1v) is 6.51. The van der Waals surface area contributed by atoms with Crippen LogP contribution in [0.25, 0.3) is 11.1 Å². The summed E-state index contributed by atoms with van der Waals surface area (Å²) in [5, 5.41) is 13.1. The Kier molecular flexibility index (Phi) is 3.06. The number of hydrogen-bond donors (Lipinski definition) is 2. The van der Waals surface area contributed by atoms with Gasteiger partial charge in [-0.05, 0) is 31.2 Å². The van der Waals surface area contributed by atoms with E-state index < -0.39 is 0 Å². The number of rotatable bonds is 3. The molecule has 102 valence electrons. The van der Waals surface area contributed by atoms with E-state index in [1.54, 1.807) is 6.07 Å². The molecule has 0 aliphatic heterocycles. The van der Waals surface area contributed by atoms with Gasteiger partial charge in [-0.3, -0.25) is 0 Å². The van der Waals surface area contributed by atoms with Crippen LogP contribution in [0, 0.1) is 13.8 Å². The number of aryl methyl sites for hydroxylation is 2. The minimum atomic E-state index is 0.307. The van der Waals surface area contributed by atoms with E-state index in [2.05, 4.69) is 10.3 Å². The zero-order valence-electron chi connectivity index (χ0n) is 11.5. The summed E-state index contributed by atoms with van der Waals surface area (Å²) in [5.74, 6) is 0.968. The van der Waals surface area contributed by atoms with E-state index in [-0.39, 0.29) is 0 Å². The SMILES string of the molecule is Cc1ccc(O)c(CNc2ccc3oc(C)nc3c2)c1. The van der Waals surface area contributed by atoms with Crippen molar-refractivity contribution in [1.29, 1.82) is 0 Å². The number of aromatic hydroxyl groups is 1. The van der Waals surface area contributed by atoms with Crippen LogP contribution < -0.4 is 5.32 Å². The van der Waals surface area contributed by atoms with Gasteiger partial charge < -0.3 is 14.8 Å². The van der Waals surface area contributed by atoms with Gasteiger partial charge in [0.05, 0.1) is 0 Å². The summed E-state index contributed by atoms with van der Waals surface area (Å²) in [6.07, 6.45) is 0. The maximum absolute atomic E-state index is 9.82. The van der Waals surface area contributed by atoms with Crippen LogP contribution in [0.5, 0.6) is 5.75 Å². The molecule has 0 aliphatic carbocycles. The highest BCUT2D eigenvalue weighted by atomic mass is 16.3. The maximum atomic E-state index is 9.82. The molecule has 4 heteroatoms. The molecule has 0 spiro atoms. The van der Waals surface area contributed by atoms with Crippen molar-refractivity contribution in [3.05, 3.63) is 53.4 Å². The van der Waals surface area contributed by atoms with Crippen molar-refractivity contribution in [2.75, 3.05) is 5.32 Å². The number of aromatic nitrogens is 1. The highest BCUT2D eigenvalue weighted by Gasteiger charge is 2.05. The minimum Gasteiger partial charge on any atom is -0.508 e. The molecule has 0 bridgehead atoms. The van der Waals surface area contributed by atoms with Crippen molar-refractivity contribution >= 4 is 16.8 Å². The Morgan fingerprint density at radius 1 is 1.15 bits per heavy atom. The monoisotopic (exact) mass is 268 g/mol. The number of oxazole rings is 1. The first kappa shape index (κ1) is 12.5. The lowest BCUT2D eigenvalue weighted by Gasteiger charge is -2.08. The molecule has 0 fully saturated rings. The van der Waals surface area contributed by atoms with Crippen molar-refractivity contribution in [3.63, 3.8) is 0 Å². The normalized spacial score (nSPS) is 10.9. The summed E-state index contributed by atoms with van der Waals surface area (Å²) in [6.45, 7) is 4.40. The minimum absolute atomic E-state index is 0.307. The van der Waals surface area contributed by atoms with Gasteiger partial charge in [0.25, 0.3) is 0 Å². The van der Waals surface area contributed by atoms with Crippen LogP contribution in [0.4, 0.5) is 5.69 Å². The first-order chi connectivity index (χ1) is 9.61. The molecular weight excluding hydrogens is 252 g/mol. The van der Waals surface area contributed by atoms with Crippen LogP contribution in [-0.4, -0.2) is 10.1 Å². The van der Waals surface area contributed by atoms with Gasteiger partial charge in [-0.15, -0.1) is 0 Å². The highest BCUT2D eigenvalue weighted by molar-refractivity contribution is 5.77. The first-order valence-electron chi connectivity index (χ1n) is 6.51. The van der Waals surface area contributed by atoms with Crippen LogP contribution in [0.2, 0.25) is 0 Å². The Morgan fingerprint density at radius 2 is 2.00 bits per heavy atom. The average molecular weight is 268 g/mol. The number of phenolic OH excluding ortho intramolecular Hbond substituents is 1. The second-order valence-corrected chi connectivity index (χ2v) is 4.90. The number of anilines is 1. The van der Waals surface area contributed by atoms with Crippen LogP contribution in [0.1, 0.15) is 17.0 Å². The summed E-state index contributed by atoms with van der Waals surface area (Å²) in [5.41, 5.74) is 4.57. The van der Waals surface area contributed by atoms with Crippen molar-refractivity contribution in [3.8, 4) is 5.75 Å². The molecular formula is C16H16N2O2. The Labute approximate surface area is 117 Å². The average Bonchev–Trinajstić information content (AvgIpc) is 2.79. The largest absolute Gasteiger partial charge is 0.508 e. The molecule has 0 saturated heterocycles. The van der Waals surface area contributed by atoms with Crippen LogP contribution in [-0.2, 0) is 6.54 Å². The van der Waals surface area contributed by atoms with E-state index in [4.69, 9.17) is 4.42 Å². The highest BCUT2D eigenvalue weighted by Crippen LogP contribution is 2.22. The Bertz CT molecular complexity index is 762. The molecule has 1 aromatic heterocycles. The van der Waals surface area contributed by atoms with Gasteiger partial charge in [0.15, 0.2) is 11.5 Å². The predicted molar refractivity (Wildman–Crippen MR) is 78.9 cm³/mol. The Hall–Kier alpha value is -2.49. The van der Waals surface area contributed by atoms with Crippen LogP contribution in [0.3, 0.4) is 0 Å². The maximum Gasteiger partial charge on any atom is 0.192 e. The van der Waals surface area contributed by atoms with E-state index in [0.717, 1.165) is 27.9 Å². The molecule has 0 unspecified atom stereocenters. The fourth-order valence-corrected chi connectivity index (χ4v) is 2.21. The number of phenols is 1. The topological polar surface area (TPSA) is 58.3 Å². The fourth-order valence-electron chi connectivity index (χ4n) is 2.21. The molecule has 4 nitrogen and oxygen atoms in total. The molecule has 2 aromatic carbocycles. The zero-order chi connectivity index (χ0) is 14.1. The molecule has 3 rings (SSSR count). The molecule has 0 radical (unpaired) electrons. The quantitative estimate of drug-likeness (QED) is 0.759. The Balaban J connectivity index is 1.80. The van der Waals surface area contributed by atoms with E-state index >= 15 is 0 Å². The smallest absolute Gasteiger partial charge is 0.192 e. The molecule has 0 amide bonds. The van der Waals surface area contributed by atoms with E-state index in [9.17, 15) is 5.11 Å². The molecule has 0 aliphatic rings.